The predicted molar refractivity (Wildman–Crippen MR) is 208 cm³/mol. The van der Waals surface area contributed by atoms with E-state index in [9.17, 15) is 0 Å². The summed E-state index contributed by atoms with van der Waals surface area (Å²) in [5.74, 6) is 3.71. The number of rotatable bonds is 8. The summed E-state index contributed by atoms with van der Waals surface area (Å²) in [5, 5.41) is 2.27. The number of benzene rings is 4. The van der Waals surface area contributed by atoms with Gasteiger partial charge in [-0.3, -0.25) is 0 Å². The van der Waals surface area contributed by atoms with Crippen molar-refractivity contribution in [2.45, 2.75) is 33.0 Å². The van der Waals surface area contributed by atoms with E-state index in [0.717, 1.165) is 60.9 Å². The lowest BCUT2D eigenvalue weighted by atomic mass is 9.82. The van der Waals surface area contributed by atoms with Crippen LogP contribution in [0.25, 0.3) is 72.3 Å². The molecule has 0 spiro atoms. The number of hydrogen-bond acceptors (Lipinski definition) is 5. The molecule has 0 amide bonds. The summed E-state index contributed by atoms with van der Waals surface area (Å²) in [7, 11) is 1.99. The first-order valence-corrected chi connectivity index (χ1v) is 16.8. The Balaban J connectivity index is 1.31. The van der Waals surface area contributed by atoms with Gasteiger partial charge in [0.05, 0.1) is 11.0 Å². The third kappa shape index (κ3) is 4.80. The second-order valence-corrected chi connectivity index (χ2v) is 12.9. The van der Waals surface area contributed by atoms with Gasteiger partial charge in [0.25, 0.3) is 0 Å². The molecule has 0 bridgehead atoms. The van der Waals surface area contributed by atoms with Gasteiger partial charge in [-0.15, -0.1) is 5.98 Å². The van der Waals surface area contributed by atoms with Gasteiger partial charge in [-0.25, -0.2) is 19.9 Å². The van der Waals surface area contributed by atoms with Crippen molar-refractivity contribution in [1.82, 2.24) is 24.5 Å². The molecular weight excluding hydrogens is 613 g/mol. The van der Waals surface area contributed by atoms with Crippen molar-refractivity contribution in [3.63, 3.8) is 0 Å². The van der Waals surface area contributed by atoms with E-state index in [1.54, 1.807) is 12.2 Å². The Morgan fingerprint density at radius 1 is 0.860 bits per heavy atom. The lowest BCUT2D eigenvalue weighted by Crippen LogP contribution is -2.15. The Bertz CT molecular complexity index is 2620. The lowest BCUT2D eigenvalue weighted by molar-refractivity contribution is 0.601. The van der Waals surface area contributed by atoms with Crippen LogP contribution in [0.15, 0.2) is 133 Å². The monoisotopic (exact) mass is 648 g/mol. The van der Waals surface area contributed by atoms with Crippen LogP contribution in [0.5, 0.6) is 0 Å². The second kappa shape index (κ2) is 12.1. The normalized spacial score (nSPS) is 14.1. The molecule has 0 aliphatic heterocycles. The molecule has 3 heterocycles. The molecule has 0 atom stereocenters. The molecule has 0 saturated heterocycles. The molecule has 0 unspecified atom stereocenters. The fourth-order valence-corrected chi connectivity index (χ4v) is 7.28. The molecule has 0 saturated carbocycles. The summed E-state index contributed by atoms with van der Waals surface area (Å²) in [6, 6.07) is 26.1. The minimum atomic E-state index is -0.206. The van der Waals surface area contributed by atoms with E-state index in [4.69, 9.17) is 19.4 Å². The smallest absolute Gasteiger partial charge is 0.182 e. The highest BCUT2D eigenvalue weighted by molar-refractivity contribution is 6.40. The number of para-hydroxylation sites is 1. The van der Waals surface area contributed by atoms with E-state index in [2.05, 4.69) is 109 Å². The van der Waals surface area contributed by atoms with Crippen molar-refractivity contribution >= 4 is 51.3 Å². The van der Waals surface area contributed by atoms with Crippen LogP contribution in [0.4, 0.5) is 0 Å². The Morgan fingerprint density at radius 2 is 1.66 bits per heavy atom. The van der Waals surface area contributed by atoms with Crippen LogP contribution >= 0.6 is 0 Å². The summed E-state index contributed by atoms with van der Waals surface area (Å²) in [5.41, 5.74) is 12.3. The molecule has 6 nitrogen and oxygen atoms in total. The van der Waals surface area contributed by atoms with Crippen LogP contribution in [-0.2, 0) is 5.41 Å². The van der Waals surface area contributed by atoms with Gasteiger partial charge >= 0.3 is 0 Å². The number of nitrogens with zero attached hydrogens (tertiary/aromatic N) is 5. The van der Waals surface area contributed by atoms with Crippen molar-refractivity contribution in [2.75, 3.05) is 0 Å². The summed E-state index contributed by atoms with van der Waals surface area (Å²) in [6.07, 6.45) is 10.9. The van der Waals surface area contributed by atoms with Gasteiger partial charge < -0.3 is 8.98 Å². The topological polar surface area (TPSA) is 69.6 Å². The van der Waals surface area contributed by atoms with E-state index in [0.29, 0.717) is 17.5 Å². The molecule has 7 aromatic rings. The van der Waals surface area contributed by atoms with Gasteiger partial charge in [-0.2, -0.15) is 0 Å². The molecule has 7 heteroatoms. The van der Waals surface area contributed by atoms with E-state index in [1.807, 2.05) is 45.2 Å². The first-order chi connectivity index (χ1) is 24.4. The first-order valence-electron chi connectivity index (χ1n) is 16.8. The summed E-state index contributed by atoms with van der Waals surface area (Å²) >= 11 is 0. The van der Waals surface area contributed by atoms with Gasteiger partial charge in [-0.1, -0.05) is 94.5 Å². The fraction of sp³-hybridized carbons (Fsp3) is 0.116. The Kier molecular flexibility index (Phi) is 7.56. The third-order valence-corrected chi connectivity index (χ3v) is 9.76. The standard InChI is InChI=1S/C43H35BN5O/c1-7-12-26(8-2)40-46-41(27(9-3)21-22-44-6)48-42(47-40)28-15-20-37-32(23-28)30-13-10-11-14-36(30)49(37)29-16-17-31-34(24-29)43(4,5)33-18-19-35-39(38(31)33)50-25-45-35/h7-25H,1-2H2,3-6H3/b22-21-,26-12+,27-9+. The van der Waals surface area contributed by atoms with Crippen molar-refractivity contribution in [1.29, 1.82) is 0 Å². The van der Waals surface area contributed by atoms with E-state index >= 15 is 0 Å². The van der Waals surface area contributed by atoms with Crippen LogP contribution in [0, 0.1) is 0 Å². The molecule has 8 rings (SSSR count). The van der Waals surface area contributed by atoms with Crippen LogP contribution in [0.1, 0.15) is 43.5 Å². The zero-order valence-electron chi connectivity index (χ0n) is 28.6. The molecule has 1 aliphatic carbocycles. The molecule has 3 aromatic heterocycles. The highest BCUT2D eigenvalue weighted by atomic mass is 16.3. The Morgan fingerprint density at radius 3 is 2.44 bits per heavy atom. The van der Waals surface area contributed by atoms with Crippen LogP contribution < -0.4 is 0 Å². The molecule has 241 valence electrons. The molecule has 1 aliphatic rings. The quantitative estimate of drug-likeness (QED) is 0.121. The van der Waals surface area contributed by atoms with Gasteiger partial charge in [0, 0.05) is 44.1 Å². The van der Waals surface area contributed by atoms with Crippen LogP contribution in [0.3, 0.4) is 0 Å². The number of aromatic nitrogens is 5. The highest BCUT2D eigenvalue weighted by Gasteiger charge is 2.38. The predicted octanol–water partition coefficient (Wildman–Crippen LogP) is 10.5. The molecule has 0 fully saturated rings. The maximum atomic E-state index is 5.91. The number of oxazole rings is 1. The highest BCUT2D eigenvalue weighted by Crippen LogP contribution is 2.52. The SMILES string of the molecule is C=C/C=C(\C=C)c1nc(C(/C=C\[B]C)=C/C)nc(-c2ccc3c(c2)c2ccccc2n3-c2ccc3c(c2)C(C)(C)c2ccc4ncoc4c2-3)n1. The number of fused-ring (bicyclic) bond motifs is 8. The van der Waals surface area contributed by atoms with E-state index < -0.39 is 0 Å². The van der Waals surface area contributed by atoms with Crippen LogP contribution in [0.2, 0.25) is 6.82 Å². The fourth-order valence-electron chi connectivity index (χ4n) is 7.28. The van der Waals surface area contributed by atoms with E-state index in [1.165, 1.54) is 23.1 Å². The van der Waals surface area contributed by atoms with Crippen molar-refractivity contribution in [3.8, 4) is 28.2 Å². The Labute approximate surface area is 292 Å². The van der Waals surface area contributed by atoms with Gasteiger partial charge in [0.1, 0.15) is 12.8 Å². The van der Waals surface area contributed by atoms with Crippen molar-refractivity contribution in [2.24, 2.45) is 0 Å². The average molecular weight is 649 g/mol. The van der Waals surface area contributed by atoms with Crippen molar-refractivity contribution in [3.05, 3.63) is 151 Å². The average Bonchev–Trinajstić information content (AvgIpc) is 3.81. The zero-order valence-corrected chi connectivity index (χ0v) is 28.6. The van der Waals surface area contributed by atoms with Gasteiger partial charge in [0.2, 0.25) is 0 Å². The minimum absolute atomic E-state index is 0.206. The maximum Gasteiger partial charge on any atom is 0.182 e. The van der Waals surface area contributed by atoms with Crippen molar-refractivity contribution < 1.29 is 4.42 Å². The second-order valence-electron chi connectivity index (χ2n) is 12.9. The van der Waals surface area contributed by atoms with Crippen LogP contribution in [-0.4, -0.2) is 31.8 Å². The lowest BCUT2D eigenvalue weighted by Gasteiger charge is -2.22. The number of hydrogen-bond donors (Lipinski definition) is 0. The van der Waals surface area contributed by atoms with Gasteiger partial charge in [-0.05, 0) is 66.1 Å². The molecule has 4 aromatic carbocycles. The molecule has 50 heavy (non-hydrogen) atoms. The maximum absolute atomic E-state index is 5.91. The van der Waals surface area contributed by atoms with Gasteiger partial charge in [0.15, 0.2) is 29.4 Å². The Hall–Kier alpha value is -6.08. The molecule has 1 radical (unpaired) electrons. The summed E-state index contributed by atoms with van der Waals surface area (Å²) < 4.78 is 8.26. The number of allylic oxidation sites excluding steroid dienone is 7. The summed E-state index contributed by atoms with van der Waals surface area (Å²) in [6.45, 7) is 16.4. The molecule has 0 N–H and O–H groups in total. The first kappa shape index (κ1) is 31.2. The zero-order chi connectivity index (χ0) is 34.6. The van der Waals surface area contributed by atoms with E-state index in [-0.39, 0.29) is 5.41 Å². The largest absolute Gasteiger partial charge is 0.443 e. The summed E-state index contributed by atoms with van der Waals surface area (Å²) in [4.78, 5) is 19.2. The third-order valence-electron chi connectivity index (χ3n) is 9.76. The minimum Gasteiger partial charge on any atom is -0.443 e. The molecular formula is C43H35BN5O.